The normalized spacial score (nSPS) is 12.5. The number of nitrogens with one attached hydrogen (secondary N) is 1. The number of sulfonamides is 1. The molecule has 1 aromatic carbocycles. The number of esters is 1. The van der Waals surface area contributed by atoms with Crippen molar-refractivity contribution in [3.63, 3.8) is 0 Å². The monoisotopic (exact) mass is 391 g/mol. The topological polar surface area (TPSA) is 106 Å². The number of amides is 1. The first kappa shape index (κ1) is 20.5. The van der Waals surface area contributed by atoms with Crippen molar-refractivity contribution in [3.8, 4) is 0 Å². The van der Waals surface area contributed by atoms with Crippen LogP contribution in [0.2, 0.25) is 0 Å². The first-order chi connectivity index (χ1) is 12.6. The van der Waals surface area contributed by atoms with Crippen LogP contribution in [0.5, 0.6) is 0 Å². The van der Waals surface area contributed by atoms with E-state index in [0.717, 1.165) is 4.31 Å². The van der Waals surface area contributed by atoms with E-state index in [4.69, 9.17) is 4.74 Å². The highest BCUT2D eigenvalue weighted by atomic mass is 32.2. The van der Waals surface area contributed by atoms with Crippen molar-refractivity contribution in [2.24, 2.45) is 0 Å². The Bertz CT molecular complexity index is 943. The Morgan fingerprint density at radius 1 is 1.19 bits per heavy atom. The van der Waals surface area contributed by atoms with Crippen LogP contribution in [0.4, 0.5) is 5.69 Å². The van der Waals surface area contributed by atoms with Crippen molar-refractivity contribution in [1.29, 1.82) is 0 Å². The van der Waals surface area contributed by atoms with Gasteiger partial charge in [0.1, 0.15) is 5.69 Å². The predicted molar refractivity (Wildman–Crippen MR) is 99.8 cm³/mol. The molecule has 8 nitrogen and oxygen atoms in total. The smallest absolute Gasteiger partial charge is 0.357 e. The van der Waals surface area contributed by atoms with Gasteiger partial charge in [0.15, 0.2) is 6.10 Å². The highest BCUT2D eigenvalue weighted by Crippen LogP contribution is 2.22. The van der Waals surface area contributed by atoms with Crippen molar-refractivity contribution in [3.05, 3.63) is 53.9 Å². The molecule has 0 aliphatic heterocycles. The lowest BCUT2D eigenvalue weighted by Gasteiger charge is -2.16. The highest BCUT2D eigenvalue weighted by molar-refractivity contribution is 7.89. The summed E-state index contributed by atoms with van der Waals surface area (Å²) in [6, 6.07) is 9.20. The number of carbonyl (C=O) groups is 2. The number of pyridine rings is 1. The highest BCUT2D eigenvalue weighted by Gasteiger charge is 2.22. The molecule has 27 heavy (non-hydrogen) atoms. The van der Waals surface area contributed by atoms with Crippen molar-refractivity contribution >= 4 is 27.6 Å². The molecule has 144 valence electrons. The second-order valence-electron chi connectivity index (χ2n) is 6.02. The second-order valence-corrected chi connectivity index (χ2v) is 8.17. The summed E-state index contributed by atoms with van der Waals surface area (Å²) in [5.41, 5.74) is 1.08. The van der Waals surface area contributed by atoms with E-state index in [0.29, 0.717) is 11.3 Å². The summed E-state index contributed by atoms with van der Waals surface area (Å²) in [4.78, 5) is 28.3. The Balaban J connectivity index is 2.14. The Kier molecular flexibility index (Phi) is 6.29. The van der Waals surface area contributed by atoms with Gasteiger partial charge < -0.3 is 10.1 Å². The molecule has 1 heterocycles. The molecule has 2 rings (SSSR count). The van der Waals surface area contributed by atoms with Gasteiger partial charge >= 0.3 is 5.97 Å². The number of aryl methyl sites for hydroxylation is 1. The zero-order valence-electron chi connectivity index (χ0n) is 15.5. The molecule has 2 aromatic rings. The van der Waals surface area contributed by atoms with Crippen LogP contribution in [-0.4, -0.2) is 49.8 Å². The Labute approximate surface area is 158 Å². The maximum atomic E-state index is 12.4. The Morgan fingerprint density at radius 3 is 2.48 bits per heavy atom. The molecule has 0 aliphatic rings. The first-order valence-corrected chi connectivity index (χ1v) is 9.53. The number of hydrogen-bond acceptors (Lipinski definition) is 6. The average molecular weight is 391 g/mol. The Morgan fingerprint density at radius 2 is 1.89 bits per heavy atom. The quantitative estimate of drug-likeness (QED) is 0.753. The van der Waals surface area contributed by atoms with E-state index < -0.39 is 28.0 Å². The molecule has 1 unspecified atom stereocenters. The van der Waals surface area contributed by atoms with Crippen molar-refractivity contribution in [1.82, 2.24) is 9.29 Å². The van der Waals surface area contributed by atoms with E-state index in [1.807, 2.05) is 0 Å². The lowest BCUT2D eigenvalue weighted by molar-refractivity contribution is -0.123. The summed E-state index contributed by atoms with van der Waals surface area (Å²) in [5, 5.41) is 2.60. The second kappa shape index (κ2) is 8.28. The number of aromatic nitrogens is 1. The molecule has 0 radical (unpaired) electrons. The van der Waals surface area contributed by atoms with E-state index >= 15 is 0 Å². The van der Waals surface area contributed by atoms with Crippen LogP contribution in [0.1, 0.15) is 23.0 Å². The zero-order valence-corrected chi connectivity index (χ0v) is 16.3. The van der Waals surface area contributed by atoms with Crippen molar-refractivity contribution < 1.29 is 22.7 Å². The van der Waals surface area contributed by atoms with E-state index in [-0.39, 0.29) is 10.6 Å². The van der Waals surface area contributed by atoms with E-state index in [9.17, 15) is 18.0 Å². The van der Waals surface area contributed by atoms with Gasteiger partial charge in [0.2, 0.25) is 10.0 Å². The van der Waals surface area contributed by atoms with Gasteiger partial charge in [0.25, 0.3) is 5.91 Å². The third-order valence-electron chi connectivity index (χ3n) is 3.77. The van der Waals surface area contributed by atoms with Gasteiger partial charge in [-0.05, 0) is 43.7 Å². The van der Waals surface area contributed by atoms with Gasteiger partial charge in [-0.2, -0.15) is 0 Å². The van der Waals surface area contributed by atoms with E-state index in [1.165, 1.54) is 45.4 Å². The first-order valence-electron chi connectivity index (χ1n) is 8.09. The maximum Gasteiger partial charge on any atom is 0.357 e. The third kappa shape index (κ3) is 4.89. The van der Waals surface area contributed by atoms with Crippen LogP contribution < -0.4 is 5.32 Å². The SMILES string of the molecule is Cc1ccc(S(=O)(=O)N(C)C)cc1NC(=O)C(C)OC(=O)c1ccccn1. The summed E-state index contributed by atoms with van der Waals surface area (Å²) >= 11 is 0. The van der Waals surface area contributed by atoms with Crippen LogP contribution in [0.3, 0.4) is 0 Å². The summed E-state index contributed by atoms with van der Waals surface area (Å²) in [5.74, 6) is -1.30. The van der Waals surface area contributed by atoms with Crippen LogP contribution in [-0.2, 0) is 19.6 Å². The number of rotatable bonds is 6. The molecule has 1 aromatic heterocycles. The molecule has 0 aliphatic carbocycles. The number of anilines is 1. The average Bonchev–Trinajstić information content (AvgIpc) is 2.63. The largest absolute Gasteiger partial charge is 0.448 e. The molecule has 0 saturated carbocycles. The Hall–Kier alpha value is -2.78. The fourth-order valence-electron chi connectivity index (χ4n) is 2.10. The number of nitrogens with zero attached hydrogens (tertiary/aromatic N) is 2. The zero-order chi connectivity index (χ0) is 20.2. The van der Waals surface area contributed by atoms with Crippen LogP contribution in [0.25, 0.3) is 0 Å². The van der Waals surface area contributed by atoms with E-state index in [1.54, 1.807) is 25.1 Å². The molecule has 9 heteroatoms. The number of hydrogen-bond donors (Lipinski definition) is 1. The molecule has 0 spiro atoms. The van der Waals surface area contributed by atoms with Crippen molar-refractivity contribution in [2.75, 3.05) is 19.4 Å². The predicted octanol–water partition coefficient (Wildman–Crippen LogP) is 1.82. The number of benzene rings is 1. The molecule has 0 bridgehead atoms. The maximum absolute atomic E-state index is 12.4. The minimum Gasteiger partial charge on any atom is -0.448 e. The molecular formula is C18H21N3O5S. The summed E-state index contributed by atoms with van der Waals surface area (Å²) in [7, 11) is -0.792. The van der Waals surface area contributed by atoms with E-state index in [2.05, 4.69) is 10.3 Å². The fourth-order valence-corrected chi connectivity index (χ4v) is 3.03. The summed E-state index contributed by atoms with van der Waals surface area (Å²) < 4.78 is 30.7. The van der Waals surface area contributed by atoms with Crippen LogP contribution in [0.15, 0.2) is 47.5 Å². The standard InChI is InChI=1S/C18H21N3O5S/c1-12-8-9-14(27(24,25)21(3)4)11-16(12)20-17(22)13(2)26-18(23)15-7-5-6-10-19-15/h5-11,13H,1-4H3,(H,20,22). The lowest BCUT2D eigenvalue weighted by atomic mass is 10.2. The summed E-state index contributed by atoms with van der Waals surface area (Å²) in [6.45, 7) is 3.15. The number of ether oxygens (including phenoxy) is 1. The number of carbonyl (C=O) groups excluding carboxylic acids is 2. The fraction of sp³-hybridized carbons (Fsp3) is 0.278. The third-order valence-corrected chi connectivity index (χ3v) is 5.58. The molecule has 0 saturated heterocycles. The molecule has 1 amide bonds. The van der Waals surface area contributed by atoms with Gasteiger partial charge in [-0.1, -0.05) is 12.1 Å². The van der Waals surface area contributed by atoms with Crippen LogP contribution >= 0.6 is 0 Å². The van der Waals surface area contributed by atoms with Gasteiger partial charge in [0, 0.05) is 26.0 Å². The molecule has 1 N–H and O–H groups in total. The molecule has 0 fully saturated rings. The summed E-state index contributed by atoms with van der Waals surface area (Å²) in [6.07, 6.45) is 0.356. The van der Waals surface area contributed by atoms with Crippen LogP contribution in [0, 0.1) is 6.92 Å². The van der Waals surface area contributed by atoms with Gasteiger partial charge in [-0.25, -0.2) is 22.5 Å². The minimum atomic E-state index is -3.64. The van der Waals surface area contributed by atoms with Crippen molar-refractivity contribution in [2.45, 2.75) is 24.8 Å². The van der Waals surface area contributed by atoms with Gasteiger partial charge in [0.05, 0.1) is 4.90 Å². The minimum absolute atomic E-state index is 0.0477. The molecule has 1 atom stereocenters. The molecular weight excluding hydrogens is 370 g/mol. The van der Waals surface area contributed by atoms with Gasteiger partial charge in [-0.3, -0.25) is 4.79 Å². The lowest BCUT2D eigenvalue weighted by Crippen LogP contribution is -2.30. The van der Waals surface area contributed by atoms with Gasteiger partial charge in [-0.15, -0.1) is 0 Å².